The van der Waals surface area contributed by atoms with E-state index in [4.69, 9.17) is 4.74 Å². The van der Waals surface area contributed by atoms with Gasteiger partial charge in [-0.15, -0.1) is 0 Å². The van der Waals surface area contributed by atoms with Gasteiger partial charge in [-0.1, -0.05) is 12.6 Å². The molecule has 5 rings (SSSR count). The van der Waals surface area contributed by atoms with Gasteiger partial charge in [-0.2, -0.15) is 13.9 Å². The molecule has 1 amide bonds. The number of carbonyl (C=O) groups excluding carboxylic acids is 1. The van der Waals surface area contributed by atoms with Crippen molar-refractivity contribution in [1.29, 1.82) is 0 Å². The van der Waals surface area contributed by atoms with Crippen molar-refractivity contribution in [1.82, 2.24) is 24.6 Å². The lowest BCUT2D eigenvalue weighted by Gasteiger charge is -2.30. The van der Waals surface area contributed by atoms with Gasteiger partial charge < -0.3 is 25.2 Å². The highest BCUT2D eigenvalue weighted by atomic mass is 19.3. The van der Waals surface area contributed by atoms with E-state index in [1.54, 1.807) is 23.0 Å². The summed E-state index contributed by atoms with van der Waals surface area (Å²) in [5, 5.41) is 11.1. The summed E-state index contributed by atoms with van der Waals surface area (Å²) in [5.74, 6) is -0.159. The second-order valence-electron chi connectivity index (χ2n) is 9.71. The number of halogens is 2. The topological polar surface area (TPSA) is 100 Å². The van der Waals surface area contributed by atoms with Crippen LogP contribution in [-0.4, -0.2) is 70.4 Å². The Balaban J connectivity index is 1.52. The zero-order valence-corrected chi connectivity index (χ0v) is 22.4. The number of ether oxygens (including phenoxy) is 1. The maximum atomic E-state index is 13.5. The SMILES string of the molecule is C=CC(=O)Nc1cc(Nc2cc(-c3ccc4c(cnn4C)c3)ncn2)c(OC(F)F)cc1N(C)C1CCN(C)C1. The van der Waals surface area contributed by atoms with E-state index >= 15 is 0 Å². The van der Waals surface area contributed by atoms with Crippen LogP contribution in [0.25, 0.3) is 22.2 Å². The van der Waals surface area contributed by atoms with Crippen LogP contribution in [0.2, 0.25) is 0 Å². The van der Waals surface area contributed by atoms with Crippen LogP contribution in [0.15, 0.2) is 61.6 Å². The third-order valence-corrected chi connectivity index (χ3v) is 7.02. The van der Waals surface area contributed by atoms with Gasteiger partial charge >= 0.3 is 6.61 Å². The molecule has 2 aromatic carbocycles. The van der Waals surface area contributed by atoms with E-state index in [0.717, 1.165) is 42.1 Å². The van der Waals surface area contributed by atoms with Crippen LogP contribution in [0.4, 0.5) is 31.7 Å². The molecule has 1 aliphatic heterocycles. The highest BCUT2D eigenvalue weighted by molar-refractivity contribution is 6.02. The molecule has 0 spiro atoms. The number of carbonyl (C=O) groups is 1. The third-order valence-electron chi connectivity index (χ3n) is 7.02. The van der Waals surface area contributed by atoms with Gasteiger partial charge in [0, 0.05) is 49.8 Å². The molecule has 0 radical (unpaired) electrons. The second kappa shape index (κ2) is 11.3. The number of nitrogens with zero attached hydrogens (tertiary/aromatic N) is 6. The van der Waals surface area contributed by atoms with Crippen molar-refractivity contribution >= 4 is 39.7 Å². The fourth-order valence-electron chi connectivity index (χ4n) is 4.90. The fraction of sp³-hybridized carbons (Fsp3) is 0.286. The van der Waals surface area contributed by atoms with E-state index in [1.807, 2.05) is 44.2 Å². The monoisotopic (exact) mass is 548 g/mol. The van der Waals surface area contributed by atoms with Gasteiger partial charge in [0.2, 0.25) is 5.91 Å². The number of hydrogen-bond donors (Lipinski definition) is 2. The summed E-state index contributed by atoms with van der Waals surface area (Å²) < 4.78 is 33.7. The molecule has 12 heteroatoms. The first kappa shape index (κ1) is 27.0. The third kappa shape index (κ3) is 5.71. The predicted molar refractivity (Wildman–Crippen MR) is 151 cm³/mol. The van der Waals surface area contributed by atoms with Crippen molar-refractivity contribution in [3.8, 4) is 17.0 Å². The van der Waals surface area contributed by atoms with Crippen molar-refractivity contribution in [2.75, 3.05) is 42.7 Å². The van der Waals surface area contributed by atoms with E-state index < -0.39 is 12.5 Å². The lowest BCUT2D eigenvalue weighted by Crippen LogP contribution is -2.34. The zero-order valence-electron chi connectivity index (χ0n) is 22.4. The summed E-state index contributed by atoms with van der Waals surface area (Å²) in [6.07, 6.45) is 5.20. The summed E-state index contributed by atoms with van der Waals surface area (Å²) in [5.41, 5.74) is 3.61. The molecule has 10 nitrogen and oxygen atoms in total. The number of likely N-dealkylation sites (tertiary alicyclic amines) is 1. The fourth-order valence-corrected chi connectivity index (χ4v) is 4.90. The van der Waals surface area contributed by atoms with E-state index in [1.165, 1.54) is 12.4 Å². The minimum Gasteiger partial charge on any atom is -0.433 e. The van der Waals surface area contributed by atoms with Crippen LogP contribution in [0.3, 0.4) is 0 Å². The highest BCUT2D eigenvalue weighted by Crippen LogP contribution is 2.40. The lowest BCUT2D eigenvalue weighted by atomic mass is 10.1. The van der Waals surface area contributed by atoms with Crippen molar-refractivity contribution in [3.63, 3.8) is 0 Å². The van der Waals surface area contributed by atoms with E-state index in [-0.39, 0.29) is 17.5 Å². The normalized spacial score (nSPS) is 15.4. The van der Waals surface area contributed by atoms with Crippen molar-refractivity contribution < 1.29 is 18.3 Å². The van der Waals surface area contributed by atoms with E-state index in [2.05, 4.69) is 37.2 Å². The first-order valence-electron chi connectivity index (χ1n) is 12.7. The number of amides is 1. The molecule has 1 fully saturated rings. The number of likely N-dealkylation sites (N-methyl/N-ethyl adjacent to an activating group) is 2. The van der Waals surface area contributed by atoms with Crippen LogP contribution in [0, 0.1) is 0 Å². The van der Waals surface area contributed by atoms with Crippen LogP contribution >= 0.6 is 0 Å². The van der Waals surface area contributed by atoms with Gasteiger partial charge in [-0.3, -0.25) is 9.48 Å². The number of aromatic nitrogens is 4. The number of anilines is 4. The summed E-state index contributed by atoms with van der Waals surface area (Å²) >= 11 is 0. The molecule has 2 aromatic heterocycles. The van der Waals surface area contributed by atoms with Crippen molar-refractivity contribution in [3.05, 3.63) is 61.6 Å². The Morgan fingerprint density at radius 1 is 1.20 bits per heavy atom. The largest absolute Gasteiger partial charge is 0.433 e. The molecule has 1 saturated heterocycles. The Kier molecular flexibility index (Phi) is 7.60. The number of alkyl halides is 2. The van der Waals surface area contributed by atoms with E-state index in [0.29, 0.717) is 22.9 Å². The highest BCUT2D eigenvalue weighted by Gasteiger charge is 2.27. The Hall–Kier alpha value is -4.58. The first-order valence-corrected chi connectivity index (χ1v) is 12.7. The summed E-state index contributed by atoms with van der Waals surface area (Å²) in [6.45, 7) is 2.18. The van der Waals surface area contributed by atoms with Crippen LogP contribution < -0.4 is 20.3 Å². The van der Waals surface area contributed by atoms with Crippen LogP contribution in [0.5, 0.6) is 5.75 Å². The second-order valence-corrected chi connectivity index (χ2v) is 9.71. The minimum atomic E-state index is -3.06. The summed E-state index contributed by atoms with van der Waals surface area (Å²) in [4.78, 5) is 25.1. The molecular formula is C28H30F2N8O2. The maximum Gasteiger partial charge on any atom is 0.387 e. The molecule has 1 atom stereocenters. The Morgan fingerprint density at radius 2 is 2.02 bits per heavy atom. The van der Waals surface area contributed by atoms with Gasteiger partial charge in [-0.05, 0) is 44.3 Å². The van der Waals surface area contributed by atoms with Gasteiger partial charge in [0.15, 0.2) is 5.75 Å². The molecule has 0 saturated carbocycles. The predicted octanol–water partition coefficient (Wildman–Crippen LogP) is 4.64. The molecule has 40 heavy (non-hydrogen) atoms. The molecule has 0 aliphatic carbocycles. The molecule has 1 aliphatic rings. The standard InChI is InChI=1S/C28H30F2N8O2/c1-5-27(39)35-21-11-22(25(40-28(29)30)13-24(21)37(3)19-8-9-36(2)15-19)34-26-12-20(31-16-32-26)17-6-7-23-18(10-17)14-33-38(23)4/h5-7,10-14,16,19,28H,1,8-9,15H2,2-4H3,(H,35,39)(H,31,32,34). The lowest BCUT2D eigenvalue weighted by molar-refractivity contribution is -0.111. The van der Waals surface area contributed by atoms with Gasteiger partial charge in [-0.25, -0.2) is 9.97 Å². The zero-order chi connectivity index (χ0) is 28.4. The molecule has 3 heterocycles. The van der Waals surface area contributed by atoms with E-state index in [9.17, 15) is 13.6 Å². The number of benzene rings is 2. The number of hydrogen-bond acceptors (Lipinski definition) is 8. The van der Waals surface area contributed by atoms with Crippen molar-refractivity contribution in [2.45, 2.75) is 19.1 Å². The average molecular weight is 549 g/mol. The number of rotatable bonds is 9. The summed E-state index contributed by atoms with van der Waals surface area (Å²) in [6, 6.07) is 10.7. The molecule has 208 valence electrons. The molecular weight excluding hydrogens is 518 g/mol. The van der Waals surface area contributed by atoms with Gasteiger partial charge in [0.25, 0.3) is 0 Å². The smallest absolute Gasteiger partial charge is 0.387 e. The molecule has 2 N–H and O–H groups in total. The maximum absolute atomic E-state index is 13.5. The Morgan fingerprint density at radius 3 is 2.75 bits per heavy atom. The quantitative estimate of drug-likeness (QED) is 0.292. The average Bonchev–Trinajstić information content (AvgIpc) is 3.54. The molecule has 1 unspecified atom stereocenters. The Bertz CT molecular complexity index is 1560. The number of nitrogens with one attached hydrogen (secondary N) is 2. The first-order chi connectivity index (χ1) is 19.2. The van der Waals surface area contributed by atoms with Crippen molar-refractivity contribution in [2.24, 2.45) is 7.05 Å². The molecule has 0 bridgehead atoms. The van der Waals surface area contributed by atoms with Gasteiger partial charge in [0.1, 0.15) is 12.1 Å². The number of fused-ring (bicyclic) bond motifs is 1. The van der Waals surface area contributed by atoms with Gasteiger partial charge in [0.05, 0.1) is 34.5 Å². The summed E-state index contributed by atoms with van der Waals surface area (Å²) in [7, 11) is 5.77. The van der Waals surface area contributed by atoms with Crippen LogP contribution in [-0.2, 0) is 11.8 Å². The minimum absolute atomic E-state index is 0.0863. The number of aryl methyl sites for hydroxylation is 1. The Labute approximate surface area is 230 Å². The molecule has 4 aromatic rings. The van der Waals surface area contributed by atoms with Crippen LogP contribution in [0.1, 0.15) is 6.42 Å².